The minimum Gasteiger partial charge on any atom is -0.376 e. The van der Waals surface area contributed by atoms with Crippen LogP contribution in [-0.4, -0.2) is 37.4 Å². The largest absolute Gasteiger partial charge is 0.376 e. The Hall–Kier alpha value is -0.650. The third kappa shape index (κ3) is 4.15. The smallest absolute Gasteiger partial charge is 0.237 e. The second-order valence-electron chi connectivity index (χ2n) is 4.27. The van der Waals surface area contributed by atoms with Crippen molar-refractivity contribution >= 4 is 5.91 Å². The van der Waals surface area contributed by atoms with Crippen molar-refractivity contribution < 1.29 is 14.3 Å². The number of rotatable bonds is 7. The number of hydrogen-bond donors (Lipinski definition) is 2. The highest BCUT2D eigenvalue weighted by molar-refractivity contribution is 5.83. The first-order chi connectivity index (χ1) is 7.02. The Bertz CT molecular complexity index is 215. The molecule has 88 valence electrons. The van der Waals surface area contributed by atoms with Gasteiger partial charge in [0.25, 0.3) is 0 Å². The van der Waals surface area contributed by atoms with Crippen molar-refractivity contribution in [1.29, 1.82) is 0 Å². The fourth-order valence-corrected chi connectivity index (χ4v) is 1.28. The summed E-state index contributed by atoms with van der Waals surface area (Å²) in [5.41, 5.74) is 9.97. The molecule has 1 saturated heterocycles. The topological polar surface area (TPSA) is 87.6 Å². The highest BCUT2D eigenvalue weighted by Crippen LogP contribution is 2.11. The van der Waals surface area contributed by atoms with E-state index in [1.54, 1.807) is 6.92 Å². The highest BCUT2D eigenvalue weighted by Gasteiger charge is 2.24. The van der Waals surface area contributed by atoms with Gasteiger partial charge in [0.1, 0.15) is 6.10 Å². The molecule has 1 heterocycles. The van der Waals surface area contributed by atoms with E-state index in [9.17, 15) is 4.79 Å². The molecular formula is C10H20N2O3. The van der Waals surface area contributed by atoms with Crippen molar-refractivity contribution in [2.45, 2.75) is 37.8 Å². The standard InChI is InChI=1S/C10H20N2O3/c1-10(12,9(11)13)4-2-3-5-15-8-6-14-7-8/h8H,2-7,12H2,1H3,(H2,11,13). The second kappa shape index (κ2) is 5.44. The number of unbranched alkanes of at least 4 members (excludes halogenated alkanes) is 1. The molecule has 0 radical (unpaired) electrons. The van der Waals surface area contributed by atoms with E-state index in [1.165, 1.54) is 0 Å². The third-order valence-corrected chi connectivity index (χ3v) is 2.61. The second-order valence-corrected chi connectivity index (χ2v) is 4.27. The molecule has 5 heteroatoms. The van der Waals surface area contributed by atoms with Gasteiger partial charge in [0.05, 0.1) is 18.8 Å². The first kappa shape index (κ1) is 12.4. The number of nitrogens with two attached hydrogens (primary N) is 2. The zero-order valence-corrected chi connectivity index (χ0v) is 9.20. The average Bonchev–Trinajstić information content (AvgIpc) is 2.07. The monoisotopic (exact) mass is 216 g/mol. The zero-order valence-electron chi connectivity index (χ0n) is 9.20. The van der Waals surface area contributed by atoms with Crippen molar-refractivity contribution in [3.05, 3.63) is 0 Å². The Kier molecular flexibility index (Phi) is 4.50. The molecule has 0 aliphatic carbocycles. The van der Waals surface area contributed by atoms with Crippen molar-refractivity contribution in [2.24, 2.45) is 11.5 Å². The van der Waals surface area contributed by atoms with Crippen LogP contribution in [0.2, 0.25) is 0 Å². The molecule has 1 atom stereocenters. The number of carbonyl (C=O) groups is 1. The van der Waals surface area contributed by atoms with Gasteiger partial charge in [0.2, 0.25) is 5.91 Å². The van der Waals surface area contributed by atoms with Gasteiger partial charge in [-0.2, -0.15) is 0 Å². The summed E-state index contributed by atoms with van der Waals surface area (Å²) in [5, 5.41) is 0. The molecule has 15 heavy (non-hydrogen) atoms. The van der Waals surface area contributed by atoms with E-state index < -0.39 is 11.4 Å². The molecule has 0 bridgehead atoms. The Morgan fingerprint density at radius 1 is 1.53 bits per heavy atom. The maximum atomic E-state index is 10.9. The zero-order chi connectivity index (χ0) is 11.3. The predicted molar refractivity (Wildman–Crippen MR) is 56.2 cm³/mol. The average molecular weight is 216 g/mol. The van der Waals surface area contributed by atoms with Crippen LogP contribution in [0.25, 0.3) is 0 Å². The summed E-state index contributed by atoms with van der Waals surface area (Å²) >= 11 is 0. The van der Waals surface area contributed by atoms with E-state index in [-0.39, 0.29) is 6.10 Å². The van der Waals surface area contributed by atoms with E-state index in [4.69, 9.17) is 20.9 Å². The van der Waals surface area contributed by atoms with E-state index in [0.29, 0.717) is 26.2 Å². The number of amides is 1. The van der Waals surface area contributed by atoms with Gasteiger partial charge in [0, 0.05) is 6.61 Å². The summed E-state index contributed by atoms with van der Waals surface area (Å²) in [6.45, 7) is 3.77. The van der Waals surface area contributed by atoms with Gasteiger partial charge >= 0.3 is 0 Å². The van der Waals surface area contributed by atoms with E-state index >= 15 is 0 Å². The molecule has 1 rings (SSSR count). The van der Waals surface area contributed by atoms with Crippen molar-refractivity contribution in [3.8, 4) is 0 Å². The van der Waals surface area contributed by atoms with Gasteiger partial charge in [-0.3, -0.25) is 4.79 Å². The highest BCUT2D eigenvalue weighted by atomic mass is 16.6. The molecule has 1 aliphatic heterocycles. The van der Waals surface area contributed by atoms with Crippen molar-refractivity contribution in [2.75, 3.05) is 19.8 Å². The predicted octanol–water partition coefficient (Wildman–Crippen LogP) is -0.225. The fourth-order valence-electron chi connectivity index (χ4n) is 1.28. The molecule has 0 spiro atoms. The first-order valence-electron chi connectivity index (χ1n) is 5.30. The Balaban J connectivity index is 1.98. The summed E-state index contributed by atoms with van der Waals surface area (Å²) in [4.78, 5) is 10.9. The molecule has 4 N–H and O–H groups in total. The molecule has 1 aliphatic rings. The summed E-state index contributed by atoms with van der Waals surface area (Å²) in [6, 6.07) is 0. The lowest BCUT2D eigenvalue weighted by Gasteiger charge is -2.26. The fraction of sp³-hybridized carbons (Fsp3) is 0.900. The molecule has 0 aromatic rings. The van der Waals surface area contributed by atoms with Gasteiger partial charge in [-0.15, -0.1) is 0 Å². The first-order valence-corrected chi connectivity index (χ1v) is 5.30. The molecule has 1 fully saturated rings. The lowest BCUT2D eigenvalue weighted by molar-refractivity contribution is -0.130. The quantitative estimate of drug-likeness (QED) is 0.576. The van der Waals surface area contributed by atoms with Gasteiger partial charge in [-0.05, 0) is 26.2 Å². The minimum absolute atomic E-state index is 0.269. The van der Waals surface area contributed by atoms with E-state index in [1.807, 2.05) is 0 Å². The van der Waals surface area contributed by atoms with Crippen LogP contribution in [0.15, 0.2) is 0 Å². The van der Waals surface area contributed by atoms with Gasteiger partial charge in [0.15, 0.2) is 0 Å². The number of ether oxygens (including phenoxy) is 2. The minimum atomic E-state index is -0.889. The molecule has 0 aromatic heterocycles. The van der Waals surface area contributed by atoms with E-state index in [2.05, 4.69) is 0 Å². The molecule has 5 nitrogen and oxygen atoms in total. The van der Waals surface area contributed by atoms with Gasteiger partial charge < -0.3 is 20.9 Å². The maximum Gasteiger partial charge on any atom is 0.237 e. The van der Waals surface area contributed by atoms with Crippen molar-refractivity contribution in [1.82, 2.24) is 0 Å². The number of primary amides is 1. The Morgan fingerprint density at radius 3 is 2.67 bits per heavy atom. The van der Waals surface area contributed by atoms with Gasteiger partial charge in [-0.1, -0.05) is 0 Å². The van der Waals surface area contributed by atoms with Gasteiger partial charge in [-0.25, -0.2) is 0 Å². The van der Waals surface area contributed by atoms with Crippen LogP contribution in [0.3, 0.4) is 0 Å². The summed E-state index contributed by atoms with van der Waals surface area (Å²) in [6.07, 6.45) is 2.62. The third-order valence-electron chi connectivity index (χ3n) is 2.61. The van der Waals surface area contributed by atoms with Crippen LogP contribution in [0, 0.1) is 0 Å². The van der Waals surface area contributed by atoms with Crippen LogP contribution >= 0.6 is 0 Å². The normalized spacial score (nSPS) is 20.7. The summed E-state index contributed by atoms with van der Waals surface area (Å²) in [5.74, 6) is -0.448. The molecule has 0 saturated carbocycles. The molecule has 0 aromatic carbocycles. The lowest BCUT2D eigenvalue weighted by atomic mass is 9.96. The molecule has 1 unspecified atom stereocenters. The maximum absolute atomic E-state index is 10.9. The number of hydrogen-bond acceptors (Lipinski definition) is 4. The number of carbonyl (C=O) groups excluding carboxylic acids is 1. The molecule has 1 amide bonds. The van der Waals surface area contributed by atoms with Crippen LogP contribution in [0.1, 0.15) is 26.2 Å². The van der Waals surface area contributed by atoms with E-state index in [0.717, 1.165) is 12.8 Å². The Morgan fingerprint density at radius 2 is 2.20 bits per heavy atom. The summed E-state index contributed by atoms with van der Waals surface area (Å²) in [7, 11) is 0. The molecular weight excluding hydrogens is 196 g/mol. The Labute approximate surface area is 90.1 Å². The van der Waals surface area contributed by atoms with Crippen molar-refractivity contribution in [3.63, 3.8) is 0 Å². The van der Waals surface area contributed by atoms with Crippen LogP contribution in [0.5, 0.6) is 0 Å². The summed E-state index contributed by atoms with van der Waals surface area (Å²) < 4.78 is 10.4. The SMILES string of the molecule is CC(N)(CCCCOC1COC1)C(N)=O. The van der Waals surface area contributed by atoms with Crippen LogP contribution in [-0.2, 0) is 14.3 Å². The van der Waals surface area contributed by atoms with Crippen LogP contribution in [0.4, 0.5) is 0 Å². The van der Waals surface area contributed by atoms with Crippen LogP contribution < -0.4 is 11.5 Å². The lowest BCUT2D eigenvalue weighted by Crippen LogP contribution is -2.49.